The van der Waals surface area contributed by atoms with Crippen LogP contribution in [0.1, 0.15) is 61.0 Å². The van der Waals surface area contributed by atoms with E-state index in [0.717, 1.165) is 54.8 Å². The number of fused-ring (bicyclic) bond motifs is 1. The van der Waals surface area contributed by atoms with Crippen LogP contribution in [0.3, 0.4) is 0 Å². The van der Waals surface area contributed by atoms with Crippen molar-refractivity contribution in [3.05, 3.63) is 84.1 Å². The first-order chi connectivity index (χ1) is 16.6. The highest BCUT2D eigenvalue weighted by atomic mass is 16.5. The first-order valence-corrected chi connectivity index (χ1v) is 12.1. The van der Waals surface area contributed by atoms with Crippen molar-refractivity contribution in [2.24, 2.45) is 0 Å². The van der Waals surface area contributed by atoms with E-state index >= 15 is 0 Å². The number of hydrogen-bond acceptors (Lipinski definition) is 4. The lowest BCUT2D eigenvalue weighted by Crippen LogP contribution is -2.23. The molecule has 2 heterocycles. The van der Waals surface area contributed by atoms with Crippen LogP contribution in [-0.4, -0.2) is 28.6 Å². The van der Waals surface area contributed by atoms with Gasteiger partial charge in [-0.2, -0.15) is 0 Å². The zero-order valence-electron chi connectivity index (χ0n) is 20.0. The van der Waals surface area contributed by atoms with E-state index in [0.29, 0.717) is 24.8 Å². The van der Waals surface area contributed by atoms with Crippen LogP contribution in [0.5, 0.6) is 5.75 Å². The molecule has 0 radical (unpaired) electrons. The number of amides is 1. The van der Waals surface area contributed by atoms with E-state index in [4.69, 9.17) is 14.1 Å². The Hall–Kier alpha value is -3.54. The van der Waals surface area contributed by atoms with E-state index in [1.165, 1.54) is 11.8 Å². The zero-order chi connectivity index (χ0) is 23.8. The maximum absolute atomic E-state index is 11.9. The SMILES string of the molecule is CC(C)c1ccc(OCCn2c(CCCCCNC(=O)c3ccco3)nc3ccccc32)cc1. The van der Waals surface area contributed by atoms with Gasteiger partial charge in [0.2, 0.25) is 0 Å². The number of carbonyl (C=O) groups excluding carboxylic acids is 1. The lowest BCUT2D eigenvalue weighted by molar-refractivity contribution is 0.0925. The number of nitrogens with zero attached hydrogens (tertiary/aromatic N) is 2. The maximum Gasteiger partial charge on any atom is 0.286 e. The van der Waals surface area contributed by atoms with Crippen LogP contribution in [0.25, 0.3) is 11.0 Å². The highest BCUT2D eigenvalue weighted by Gasteiger charge is 2.11. The van der Waals surface area contributed by atoms with Crippen LogP contribution in [0.15, 0.2) is 71.3 Å². The molecule has 0 spiro atoms. The van der Waals surface area contributed by atoms with E-state index in [1.807, 2.05) is 18.2 Å². The van der Waals surface area contributed by atoms with E-state index in [-0.39, 0.29) is 5.91 Å². The van der Waals surface area contributed by atoms with Gasteiger partial charge in [-0.1, -0.05) is 44.5 Å². The fraction of sp³-hybridized carbons (Fsp3) is 0.357. The lowest BCUT2D eigenvalue weighted by Gasteiger charge is -2.12. The van der Waals surface area contributed by atoms with Gasteiger partial charge in [-0.15, -0.1) is 0 Å². The molecule has 0 atom stereocenters. The summed E-state index contributed by atoms with van der Waals surface area (Å²) < 4.78 is 13.4. The fourth-order valence-electron chi connectivity index (χ4n) is 4.05. The average Bonchev–Trinajstić information content (AvgIpc) is 3.50. The number of aromatic nitrogens is 2. The highest BCUT2D eigenvalue weighted by Crippen LogP contribution is 2.20. The summed E-state index contributed by atoms with van der Waals surface area (Å²) in [6, 6.07) is 20.0. The Bertz CT molecular complexity index is 1180. The molecule has 0 aliphatic heterocycles. The molecule has 1 amide bonds. The normalized spacial score (nSPS) is 11.3. The maximum atomic E-state index is 11.9. The molecule has 2 aromatic heterocycles. The van der Waals surface area contributed by atoms with Gasteiger partial charge < -0.3 is 19.0 Å². The summed E-state index contributed by atoms with van der Waals surface area (Å²) in [7, 11) is 0. The Labute approximate surface area is 200 Å². The third kappa shape index (κ3) is 6.07. The number of rotatable bonds is 12. The van der Waals surface area contributed by atoms with Gasteiger partial charge in [-0.3, -0.25) is 4.79 Å². The van der Waals surface area contributed by atoms with Crippen LogP contribution in [-0.2, 0) is 13.0 Å². The van der Waals surface area contributed by atoms with Crippen LogP contribution in [0, 0.1) is 0 Å². The number of carbonyl (C=O) groups is 1. The summed E-state index contributed by atoms with van der Waals surface area (Å²) in [5.74, 6) is 2.69. The molecule has 34 heavy (non-hydrogen) atoms. The molecular weight excluding hydrogens is 426 g/mol. The molecule has 0 bridgehead atoms. The first kappa shape index (κ1) is 23.6. The Morgan fingerprint density at radius 3 is 2.62 bits per heavy atom. The monoisotopic (exact) mass is 459 g/mol. The molecule has 0 fully saturated rings. The van der Waals surface area contributed by atoms with E-state index in [2.05, 4.69) is 54.1 Å². The van der Waals surface area contributed by atoms with Gasteiger partial charge in [0.1, 0.15) is 18.2 Å². The van der Waals surface area contributed by atoms with Crippen LogP contribution in [0.2, 0.25) is 0 Å². The van der Waals surface area contributed by atoms with Crippen molar-refractivity contribution < 1.29 is 13.9 Å². The summed E-state index contributed by atoms with van der Waals surface area (Å²) in [6.45, 7) is 6.37. The number of imidazole rings is 1. The molecule has 4 aromatic rings. The summed E-state index contributed by atoms with van der Waals surface area (Å²) in [5.41, 5.74) is 3.47. The minimum atomic E-state index is -0.161. The first-order valence-electron chi connectivity index (χ1n) is 12.1. The molecule has 0 unspecified atom stereocenters. The number of aryl methyl sites for hydroxylation is 1. The highest BCUT2D eigenvalue weighted by molar-refractivity contribution is 5.91. The predicted molar refractivity (Wildman–Crippen MR) is 134 cm³/mol. The minimum Gasteiger partial charge on any atom is -0.492 e. The number of benzene rings is 2. The summed E-state index contributed by atoms with van der Waals surface area (Å²) in [4.78, 5) is 16.8. The van der Waals surface area contributed by atoms with Crippen molar-refractivity contribution in [2.45, 2.75) is 52.0 Å². The smallest absolute Gasteiger partial charge is 0.286 e. The standard InChI is InChI=1S/C28H33N3O3/c1-21(2)22-13-15-23(16-14-22)33-20-18-31-25-10-6-5-9-24(25)30-27(31)12-4-3-7-17-29-28(32)26-11-8-19-34-26/h5-6,8-11,13-16,19,21H,3-4,7,12,17-18,20H2,1-2H3,(H,29,32). The number of unbranched alkanes of at least 4 members (excludes halogenated alkanes) is 2. The van der Waals surface area contributed by atoms with Crippen molar-refractivity contribution in [1.82, 2.24) is 14.9 Å². The van der Waals surface area contributed by atoms with E-state index in [1.54, 1.807) is 12.1 Å². The number of furan rings is 1. The second-order valence-corrected chi connectivity index (χ2v) is 8.78. The van der Waals surface area contributed by atoms with Gasteiger partial charge in [-0.25, -0.2) is 4.98 Å². The topological polar surface area (TPSA) is 69.3 Å². The number of ether oxygens (including phenoxy) is 1. The summed E-state index contributed by atoms with van der Waals surface area (Å²) in [6.07, 6.45) is 5.35. The quantitative estimate of drug-likeness (QED) is 0.265. The van der Waals surface area contributed by atoms with Crippen molar-refractivity contribution in [3.8, 4) is 5.75 Å². The lowest BCUT2D eigenvalue weighted by atomic mass is 10.0. The third-order valence-corrected chi connectivity index (χ3v) is 5.97. The Morgan fingerprint density at radius 2 is 1.85 bits per heavy atom. The summed E-state index contributed by atoms with van der Waals surface area (Å²) in [5, 5.41) is 2.90. The van der Waals surface area contributed by atoms with E-state index in [9.17, 15) is 4.79 Å². The molecular formula is C28H33N3O3. The molecule has 4 rings (SSSR count). The summed E-state index contributed by atoms with van der Waals surface area (Å²) >= 11 is 0. The van der Waals surface area contributed by atoms with Gasteiger partial charge >= 0.3 is 0 Å². The zero-order valence-corrected chi connectivity index (χ0v) is 20.0. The molecule has 178 valence electrons. The number of hydrogen-bond donors (Lipinski definition) is 1. The van der Waals surface area contributed by atoms with Crippen molar-refractivity contribution in [1.29, 1.82) is 0 Å². The second kappa shape index (κ2) is 11.5. The van der Waals surface area contributed by atoms with Crippen LogP contribution < -0.4 is 10.1 Å². The predicted octanol–water partition coefficient (Wildman–Crippen LogP) is 5.97. The molecule has 0 aliphatic carbocycles. The second-order valence-electron chi connectivity index (χ2n) is 8.78. The molecule has 0 aliphatic rings. The van der Waals surface area contributed by atoms with Gasteiger partial charge in [0.05, 0.1) is 23.8 Å². The van der Waals surface area contributed by atoms with Crippen molar-refractivity contribution in [3.63, 3.8) is 0 Å². The van der Waals surface area contributed by atoms with Crippen LogP contribution in [0.4, 0.5) is 0 Å². The largest absolute Gasteiger partial charge is 0.492 e. The van der Waals surface area contributed by atoms with Gasteiger partial charge in [0.25, 0.3) is 5.91 Å². The molecule has 0 saturated heterocycles. The Balaban J connectivity index is 1.28. The van der Waals surface area contributed by atoms with E-state index < -0.39 is 0 Å². The Kier molecular flexibility index (Phi) is 8.02. The number of para-hydroxylation sites is 2. The fourth-order valence-corrected chi connectivity index (χ4v) is 4.05. The Morgan fingerprint density at radius 1 is 1.03 bits per heavy atom. The van der Waals surface area contributed by atoms with Crippen LogP contribution >= 0.6 is 0 Å². The minimum absolute atomic E-state index is 0.161. The van der Waals surface area contributed by atoms with Gasteiger partial charge in [0, 0.05) is 13.0 Å². The third-order valence-electron chi connectivity index (χ3n) is 5.97. The molecule has 6 nitrogen and oxygen atoms in total. The average molecular weight is 460 g/mol. The molecule has 6 heteroatoms. The molecule has 0 saturated carbocycles. The van der Waals surface area contributed by atoms with Crippen molar-refractivity contribution >= 4 is 16.9 Å². The van der Waals surface area contributed by atoms with Gasteiger partial charge in [0.15, 0.2) is 5.76 Å². The molecule has 1 N–H and O–H groups in total. The van der Waals surface area contributed by atoms with Gasteiger partial charge in [-0.05, 0) is 60.7 Å². The van der Waals surface area contributed by atoms with Crippen molar-refractivity contribution in [2.75, 3.05) is 13.2 Å². The molecule has 2 aromatic carbocycles. The number of nitrogens with one attached hydrogen (secondary N) is 1.